The number of guanidine groups is 2. The Morgan fingerprint density at radius 2 is 0.921 bits per heavy atom. The standard InChI is InChI=1S/C30H38N8/c31-29(35-21-11-3-1-4-12-21)37-33-19-27-23-15-7-9-17-25(23)28(26-18-10-8-16-24(26)27)20-34-38-30(32)36-22-13-5-2-6-14-22/h7-10,15-22H,1-6,11-14H2,(H3,31,35,37)(H3,32,36,38)/b33-19+,34-20+. The van der Waals surface area contributed by atoms with Gasteiger partial charge in [-0.15, -0.1) is 0 Å². The van der Waals surface area contributed by atoms with Gasteiger partial charge in [0.15, 0.2) is 0 Å². The molecular formula is C30H38N8. The highest BCUT2D eigenvalue weighted by Gasteiger charge is 2.14. The summed E-state index contributed by atoms with van der Waals surface area (Å²) in [5.74, 6) is 0.730. The number of aliphatic imine (C=N–C) groups is 2. The van der Waals surface area contributed by atoms with Gasteiger partial charge in [-0.3, -0.25) is 0 Å². The second-order valence-electron chi connectivity index (χ2n) is 10.3. The van der Waals surface area contributed by atoms with E-state index in [0.29, 0.717) is 24.0 Å². The lowest BCUT2D eigenvalue weighted by Crippen LogP contribution is -2.30. The zero-order valence-corrected chi connectivity index (χ0v) is 21.9. The largest absolute Gasteiger partial charge is 0.369 e. The Hall–Kier alpha value is -3.94. The van der Waals surface area contributed by atoms with Gasteiger partial charge in [0.05, 0.1) is 24.5 Å². The number of nitrogens with two attached hydrogens (primary N) is 2. The van der Waals surface area contributed by atoms with Crippen LogP contribution >= 0.6 is 0 Å². The maximum absolute atomic E-state index is 6.14. The molecule has 0 unspecified atom stereocenters. The predicted octanol–water partition coefficient (Wildman–Crippen LogP) is 5.13. The molecule has 0 bridgehead atoms. The first-order valence-electron chi connectivity index (χ1n) is 13.9. The van der Waals surface area contributed by atoms with Gasteiger partial charge in [-0.2, -0.15) is 10.2 Å². The summed E-state index contributed by atoms with van der Waals surface area (Å²) in [4.78, 5) is 9.23. The molecule has 0 saturated heterocycles. The molecule has 0 aliphatic heterocycles. The number of hydrogen-bond donors (Lipinski definition) is 4. The van der Waals surface area contributed by atoms with Crippen LogP contribution in [0.15, 0.2) is 68.7 Å². The van der Waals surface area contributed by atoms with Crippen LogP contribution in [-0.4, -0.2) is 36.4 Å². The van der Waals surface area contributed by atoms with Crippen molar-refractivity contribution in [1.82, 2.24) is 10.9 Å². The molecule has 0 atom stereocenters. The van der Waals surface area contributed by atoms with Crippen LogP contribution in [-0.2, 0) is 0 Å². The highest BCUT2D eigenvalue weighted by Crippen LogP contribution is 2.31. The zero-order chi connectivity index (χ0) is 26.2. The van der Waals surface area contributed by atoms with Gasteiger partial charge in [0.25, 0.3) is 0 Å². The number of nitrogens with zero attached hydrogens (tertiary/aromatic N) is 4. The van der Waals surface area contributed by atoms with Crippen molar-refractivity contribution < 1.29 is 0 Å². The van der Waals surface area contributed by atoms with Crippen LogP contribution < -0.4 is 22.3 Å². The molecule has 0 heterocycles. The summed E-state index contributed by atoms with van der Waals surface area (Å²) in [5, 5.41) is 13.2. The minimum Gasteiger partial charge on any atom is -0.369 e. The van der Waals surface area contributed by atoms with Crippen molar-refractivity contribution in [2.75, 3.05) is 0 Å². The summed E-state index contributed by atoms with van der Waals surface area (Å²) in [5.41, 5.74) is 20.2. The molecule has 3 aromatic rings. The van der Waals surface area contributed by atoms with Crippen molar-refractivity contribution >= 4 is 45.9 Å². The van der Waals surface area contributed by atoms with Crippen molar-refractivity contribution in [3.8, 4) is 0 Å². The smallest absolute Gasteiger partial charge is 0.209 e. The van der Waals surface area contributed by atoms with Crippen molar-refractivity contribution in [2.45, 2.75) is 76.3 Å². The lowest BCUT2D eigenvalue weighted by molar-refractivity contribution is 0.442. The molecule has 8 heteroatoms. The summed E-state index contributed by atoms with van der Waals surface area (Å²) in [6.07, 6.45) is 15.5. The highest BCUT2D eigenvalue weighted by molar-refractivity contribution is 6.21. The molecule has 198 valence electrons. The molecule has 0 aromatic heterocycles. The van der Waals surface area contributed by atoms with Crippen LogP contribution in [0.2, 0.25) is 0 Å². The maximum atomic E-state index is 6.14. The Labute approximate surface area is 224 Å². The molecule has 8 nitrogen and oxygen atoms in total. The van der Waals surface area contributed by atoms with Crippen molar-refractivity contribution in [2.24, 2.45) is 31.7 Å². The number of fused-ring (bicyclic) bond motifs is 2. The average molecular weight is 511 g/mol. The van der Waals surface area contributed by atoms with Crippen LogP contribution in [0.5, 0.6) is 0 Å². The van der Waals surface area contributed by atoms with Gasteiger partial charge in [-0.25, -0.2) is 20.8 Å². The molecule has 2 aliphatic carbocycles. The number of hydrazone groups is 2. The minimum atomic E-state index is 0.294. The second-order valence-corrected chi connectivity index (χ2v) is 10.3. The van der Waals surface area contributed by atoms with E-state index in [1.165, 1.54) is 38.5 Å². The third kappa shape index (κ3) is 6.30. The topological polar surface area (TPSA) is 126 Å². The molecule has 2 aliphatic rings. The maximum Gasteiger partial charge on any atom is 0.209 e. The van der Waals surface area contributed by atoms with Gasteiger partial charge in [0.2, 0.25) is 11.9 Å². The first kappa shape index (κ1) is 25.7. The average Bonchev–Trinajstić information content (AvgIpc) is 2.95. The van der Waals surface area contributed by atoms with Crippen LogP contribution in [0.25, 0.3) is 21.5 Å². The lowest BCUT2D eigenvalue weighted by atomic mass is 9.92. The van der Waals surface area contributed by atoms with E-state index in [1.54, 1.807) is 0 Å². The van der Waals surface area contributed by atoms with E-state index in [9.17, 15) is 0 Å². The van der Waals surface area contributed by atoms with E-state index >= 15 is 0 Å². The molecule has 0 amide bonds. The van der Waals surface area contributed by atoms with Gasteiger partial charge in [0.1, 0.15) is 0 Å². The van der Waals surface area contributed by atoms with Crippen molar-refractivity contribution in [3.63, 3.8) is 0 Å². The molecule has 0 spiro atoms. The van der Waals surface area contributed by atoms with Gasteiger partial charge >= 0.3 is 0 Å². The second kappa shape index (κ2) is 12.5. The van der Waals surface area contributed by atoms with Crippen molar-refractivity contribution in [1.29, 1.82) is 0 Å². The molecule has 2 fully saturated rings. The van der Waals surface area contributed by atoms with Gasteiger partial charge < -0.3 is 11.5 Å². The van der Waals surface area contributed by atoms with Gasteiger partial charge in [0, 0.05) is 11.1 Å². The fourth-order valence-electron chi connectivity index (χ4n) is 5.67. The van der Waals surface area contributed by atoms with E-state index in [2.05, 4.69) is 55.3 Å². The number of hydrogen-bond acceptors (Lipinski definition) is 4. The quantitative estimate of drug-likeness (QED) is 0.159. The Kier molecular flexibility index (Phi) is 8.48. The molecule has 38 heavy (non-hydrogen) atoms. The third-order valence-corrected chi connectivity index (χ3v) is 7.55. The van der Waals surface area contributed by atoms with Gasteiger partial charge in [-0.05, 0) is 47.2 Å². The molecule has 0 radical (unpaired) electrons. The molecule has 6 N–H and O–H groups in total. The first-order chi connectivity index (χ1) is 18.7. The summed E-state index contributed by atoms with van der Waals surface area (Å²) in [6.45, 7) is 0. The number of nitrogens with one attached hydrogen (secondary N) is 2. The fourth-order valence-corrected chi connectivity index (χ4v) is 5.67. The van der Waals surface area contributed by atoms with Crippen LogP contribution in [0.3, 0.4) is 0 Å². The molecule has 3 aromatic carbocycles. The van der Waals surface area contributed by atoms with E-state index in [0.717, 1.165) is 58.4 Å². The predicted molar refractivity (Wildman–Crippen MR) is 160 cm³/mol. The third-order valence-electron chi connectivity index (χ3n) is 7.55. The molecule has 5 rings (SSSR count). The summed E-state index contributed by atoms with van der Waals surface area (Å²) >= 11 is 0. The van der Waals surface area contributed by atoms with E-state index in [-0.39, 0.29) is 0 Å². The Morgan fingerprint density at radius 1 is 0.579 bits per heavy atom. The lowest BCUT2D eigenvalue weighted by Gasteiger charge is -2.18. The Bertz CT molecular complexity index is 1200. The Morgan fingerprint density at radius 3 is 1.26 bits per heavy atom. The minimum absolute atomic E-state index is 0.294. The van der Waals surface area contributed by atoms with Crippen LogP contribution in [0.4, 0.5) is 0 Å². The first-order valence-corrected chi connectivity index (χ1v) is 13.9. The number of benzene rings is 3. The van der Waals surface area contributed by atoms with Crippen LogP contribution in [0, 0.1) is 0 Å². The highest BCUT2D eigenvalue weighted by atomic mass is 15.4. The SMILES string of the molecule is NC(=NC1CCCCC1)N/N=C/c1c2ccccc2c(/C=N/NC(N)=NC2CCCCC2)c2ccccc12. The summed E-state index contributed by atoms with van der Waals surface area (Å²) in [6, 6.07) is 17.1. The monoisotopic (exact) mass is 510 g/mol. The van der Waals surface area contributed by atoms with Crippen LogP contribution in [0.1, 0.15) is 75.3 Å². The van der Waals surface area contributed by atoms with Gasteiger partial charge in [-0.1, -0.05) is 87.1 Å². The zero-order valence-electron chi connectivity index (χ0n) is 21.9. The summed E-state index contributed by atoms with van der Waals surface area (Å²) < 4.78 is 0. The van der Waals surface area contributed by atoms with E-state index < -0.39 is 0 Å². The molecular weight excluding hydrogens is 472 g/mol. The van der Waals surface area contributed by atoms with E-state index in [1.807, 2.05) is 36.7 Å². The summed E-state index contributed by atoms with van der Waals surface area (Å²) in [7, 11) is 0. The van der Waals surface area contributed by atoms with E-state index in [4.69, 9.17) is 11.5 Å². The van der Waals surface area contributed by atoms with Crippen molar-refractivity contribution in [3.05, 3.63) is 59.7 Å². The fraction of sp³-hybridized carbons (Fsp3) is 0.400. The Balaban J connectivity index is 1.41. The molecule has 2 saturated carbocycles. The number of rotatable bonds is 6. The normalized spacial score (nSPS) is 18.6.